The second-order valence-corrected chi connectivity index (χ2v) is 4.50. The molecule has 0 aliphatic carbocycles. The highest BCUT2D eigenvalue weighted by molar-refractivity contribution is 5.37. The fourth-order valence-electron chi connectivity index (χ4n) is 1.87. The van der Waals surface area contributed by atoms with Crippen LogP contribution in [0.3, 0.4) is 0 Å². The molecule has 4 heteroatoms. The standard InChI is InChI=1S/C16H17FO3/c1-11-3-5-14(8-15(11)17)20-10-13-7-12(9-18)4-6-16(13)19-2/h3-8,18H,9-10H2,1-2H3. The molecule has 0 aliphatic heterocycles. The van der Waals surface area contributed by atoms with Crippen LogP contribution in [0.1, 0.15) is 16.7 Å². The summed E-state index contributed by atoms with van der Waals surface area (Å²) in [5.74, 6) is 0.845. The lowest BCUT2D eigenvalue weighted by Crippen LogP contribution is -2.00. The van der Waals surface area contributed by atoms with E-state index in [-0.39, 0.29) is 19.0 Å². The van der Waals surface area contributed by atoms with Crippen LogP contribution >= 0.6 is 0 Å². The molecule has 0 atom stereocenters. The zero-order chi connectivity index (χ0) is 14.5. The Labute approximate surface area is 117 Å². The van der Waals surface area contributed by atoms with Gasteiger partial charge < -0.3 is 14.6 Å². The molecular formula is C16H17FO3. The van der Waals surface area contributed by atoms with Crippen molar-refractivity contribution < 1.29 is 19.0 Å². The van der Waals surface area contributed by atoms with Crippen LogP contribution in [-0.2, 0) is 13.2 Å². The van der Waals surface area contributed by atoms with Gasteiger partial charge in [0.25, 0.3) is 0 Å². The minimum Gasteiger partial charge on any atom is -0.496 e. The Hall–Kier alpha value is -2.07. The molecule has 106 valence electrons. The van der Waals surface area contributed by atoms with Gasteiger partial charge >= 0.3 is 0 Å². The predicted molar refractivity (Wildman–Crippen MR) is 74.4 cm³/mol. The summed E-state index contributed by atoms with van der Waals surface area (Å²) in [4.78, 5) is 0. The molecule has 0 saturated carbocycles. The molecule has 0 unspecified atom stereocenters. The van der Waals surface area contributed by atoms with Crippen molar-refractivity contribution in [2.75, 3.05) is 7.11 Å². The molecule has 0 spiro atoms. The third-order valence-corrected chi connectivity index (χ3v) is 3.07. The average molecular weight is 276 g/mol. The summed E-state index contributed by atoms with van der Waals surface area (Å²) in [6, 6.07) is 10.1. The maximum atomic E-state index is 13.4. The van der Waals surface area contributed by atoms with E-state index < -0.39 is 0 Å². The van der Waals surface area contributed by atoms with Gasteiger partial charge in [0.15, 0.2) is 0 Å². The van der Waals surface area contributed by atoms with Crippen LogP contribution in [0.25, 0.3) is 0 Å². The van der Waals surface area contributed by atoms with Gasteiger partial charge in [-0.05, 0) is 36.2 Å². The van der Waals surface area contributed by atoms with Crippen molar-refractivity contribution in [3.63, 3.8) is 0 Å². The molecule has 0 aliphatic rings. The number of ether oxygens (including phenoxy) is 2. The number of benzene rings is 2. The summed E-state index contributed by atoms with van der Waals surface area (Å²) in [7, 11) is 1.57. The number of halogens is 1. The van der Waals surface area contributed by atoms with E-state index in [9.17, 15) is 4.39 Å². The summed E-state index contributed by atoms with van der Waals surface area (Å²) in [5, 5.41) is 9.15. The first-order valence-corrected chi connectivity index (χ1v) is 6.29. The van der Waals surface area contributed by atoms with E-state index in [1.54, 1.807) is 38.3 Å². The van der Waals surface area contributed by atoms with E-state index in [2.05, 4.69) is 0 Å². The molecule has 0 heterocycles. The molecule has 0 saturated heterocycles. The molecular weight excluding hydrogens is 259 g/mol. The van der Waals surface area contributed by atoms with Crippen LogP contribution in [0.15, 0.2) is 36.4 Å². The Morgan fingerprint density at radius 2 is 1.95 bits per heavy atom. The van der Waals surface area contributed by atoms with Gasteiger partial charge in [-0.1, -0.05) is 12.1 Å². The number of aliphatic hydroxyl groups is 1. The largest absolute Gasteiger partial charge is 0.496 e. The third kappa shape index (κ3) is 3.27. The van der Waals surface area contributed by atoms with Crippen LogP contribution in [0.2, 0.25) is 0 Å². The lowest BCUT2D eigenvalue weighted by molar-refractivity contribution is 0.278. The van der Waals surface area contributed by atoms with Gasteiger partial charge in [0.1, 0.15) is 23.9 Å². The summed E-state index contributed by atoms with van der Waals surface area (Å²) < 4.78 is 24.2. The van der Waals surface area contributed by atoms with Crippen LogP contribution < -0.4 is 9.47 Å². The first-order valence-electron chi connectivity index (χ1n) is 6.29. The summed E-state index contributed by atoms with van der Waals surface area (Å²) in [5.41, 5.74) is 2.16. The average Bonchev–Trinajstić information content (AvgIpc) is 2.48. The number of rotatable bonds is 5. The molecule has 20 heavy (non-hydrogen) atoms. The van der Waals surface area contributed by atoms with Gasteiger partial charge in [0, 0.05) is 11.6 Å². The van der Waals surface area contributed by atoms with Crippen molar-refractivity contribution in [2.24, 2.45) is 0 Å². The molecule has 0 amide bonds. The monoisotopic (exact) mass is 276 g/mol. The van der Waals surface area contributed by atoms with E-state index >= 15 is 0 Å². The quantitative estimate of drug-likeness (QED) is 0.911. The van der Waals surface area contributed by atoms with Crippen molar-refractivity contribution in [1.29, 1.82) is 0 Å². The molecule has 0 radical (unpaired) electrons. The minimum absolute atomic E-state index is 0.0455. The molecule has 1 N–H and O–H groups in total. The Kier molecular flexibility index (Phi) is 4.58. The summed E-state index contributed by atoms with van der Waals surface area (Å²) in [6.07, 6.45) is 0. The normalized spacial score (nSPS) is 10.4. The zero-order valence-electron chi connectivity index (χ0n) is 11.5. The topological polar surface area (TPSA) is 38.7 Å². The van der Waals surface area contributed by atoms with Crippen molar-refractivity contribution >= 4 is 0 Å². The van der Waals surface area contributed by atoms with E-state index in [0.29, 0.717) is 17.1 Å². The number of aryl methyl sites for hydroxylation is 1. The maximum absolute atomic E-state index is 13.4. The van der Waals surface area contributed by atoms with Crippen LogP contribution in [0, 0.1) is 12.7 Å². The molecule has 2 aromatic carbocycles. The number of hydrogen-bond donors (Lipinski definition) is 1. The van der Waals surface area contributed by atoms with Crippen LogP contribution in [-0.4, -0.2) is 12.2 Å². The first kappa shape index (κ1) is 14.3. The Bertz CT molecular complexity index is 596. The van der Waals surface area contributed by atoms with E-state index in [4.69, 9.17) is 14.6 Å². The van der Waals surface area contributed by atoms with Crippen LogP contribution in [0.5, 0.6) is 11.5 Å². The van der Waals surface area contributed by atoms with E-state index in [1.807, 2.05) is 6.07 Å². The fourth-order valence-corrected chi connectivity index (χ4v) is 1.87. The van der Waals surface area contributed by atoms with Crippen molar-refractivity contribution in [2.45, 2.75) is 20.1 Å². The maximum Gasteiger partial charge on any atom is 0.129 e. The Balaban J connectivity index is 2.15. The highest BCUT2D eigenvalue weighted by Gasteiger charge is 2.06. The molecule has 0 aromatic heterocycles. The Morgan fingerprint density at radius 1 is 1.15 bits per heavy atom. The van der Waals surface area contributed by atoms with Crippen LogP contribution in [0.4, 0.5) is 4.39 Å². The molecule has 0 bridgehead atoms. The number of aliphatic hydroxyl groups excluding tert-OH is 1. The smallest absolute Gasteiger partial charge is 0.129 e. The van der Waals surface area contributed by atoms with Gasteiger partial charge in [0.05, 0.1) is 13.7 Å². The summed E-state index contributed by atoms with van der Waals surface area (Å²) in [6.45, 7) is 1.91. The molecule has 2 aromatic rings. The van der Waals surface area contributed by atoms with Gasteiger partial charge in [-0.2, -0.15) is 0 Å². The molecule has 3 nitrogen and oxygen atoms in total. The van der Waals surface area contributed by atoms with Crippen molar-refractivity contribution in [1.82, 2.24) is 0 Å². The first-order chi connectivity index (χ1) is 9.63. The predicted octanol–water partition coefficient (Wildman–Crippen LogP) is 3.21. The van der Waals surface area contributed by atoms with Gasteiger partial charge in [-0.25, -0.2) is 4.39 Å². The lowest BCUT2D eigenvalue weighted by Gasteiger charge is -2.12. The van der Waals surface area contributed by atoms with Gasteiger partial charge in [-0.15, -0.1) is 0 Å². The minimum atomic E-state index is -0.293. The number of methoxy groups -OCH3 is 1. The lowest BCUT2D eigenvalue weighted by atomic mass is 10.1. The van der Waals surface area contributed by atoms with Gasteiger partial charge in [0.2, 0.25) is 0 Å². The third-order valence-electron chi connectivity index (χ3n) is 3.07. The highest BCUT2D eigenvalue weighted by Crippen LogP contribution is 2.23. The fraction of sp³-hybridized carbons (Fsp3) is 0.250. The second-order valence-electron chi connectivity index (χ2n) is 4.50. The highest BCUT2D eigenvalue weighted by atomic mass is 19.1. The van der Waals surface area contributed by atoms with Gasteiger partial charge in [-0.3, -0.25) is 0 Å². The molecule has 2 rings (SSSR count). The van der Waals surface area contributed by atoms with E-state index in [1.165, 1.54) is 6.07 Å². The molecule has 0 fully saturated rings. The summed E-state index contributed by atoms with van der Waals surface area (Å²) >= 11 is 0. The van der Waals surface area contributed by atoms with Crippen molar-refractivity contribution in [3.8, 4) is 11.5 Å². The SMILES string of the molecule is COc1ccc(CO)cc1COc1ccc(C)c(F)c1. The van der Waals surface area contributed by atoms with E-state index in [0.717, 1.165) is 11.1 Å². The zero-order valence-corrected chi connectivity index (χ0v) is 11.5. The number of hydrogen-bond acceptors (Lipinski definition) is 3. The Morgan fingerprint density at radius 3 is 2.60 bits per heavy atom. The second kappa shape index (κ2) is 6.39. The van der Waals surface area contributed by atoms with Crippen molar-refractivity contribution in [3.05, 3.63) is 58.9 Å².